The summed E-state index contributed by atoms with van der Waals surface area (Å²) < 4.78 is 7.01. The number of aromatic nitrogens is 3. The third kappa shape index (κ3) is 2.41. The summed E-state index contributed by atoms with van der Waals surface area (Å²) in [5.74, 6) is -0.345. The number of nitrogens with zero attached hydrogens (tertiary/aromatic N) is 3. The van der Waals surface area contributed by atoms with Crippen LogP contribution >= 0.6 is 0 Å². The summed E-state index contributed by atoms with van der Waals surface area (Å²) in [7, 11) is 1.74. The fourth-order valence-electron chi connectivity index (χ4n) is 1.38. The molecule has 0 fully saturated rings. The number of hydrogen-bond acceptors (Lipinski definition) is 4. The zero-order valence-electron chi connectivity index (χ0n) is 9.41. The van der Waals surface area contributed by atoms with Gasteiger partial charge in [0.15, 0.2) is 5.69 Å². The quantitative estimate of drug-likeness (QED) is 0.871. The summed E-state index contributed by atoms with van der Waals surface area (Å²) in [6, 6.07) is 6.32. The molecule has 0 bridgehead atoms. The number of aromatic carboxylic acids is 1. The number of pyridine rings is 1. The van der Waals surface area contributed by atoms with Gasteiger partial charge in [-0.05, 0) is 13.0 Å². The van der Waals surface area contributed by atoms with Crippen molar-refractivity contribution in [2.24, 2.45) is 7.05 Å². The maximum absolute atomic E-state index is 10.7. The summed E-state index contributed by atoms with van der Waals surface area (Å²) in [6.07, 6.45) is 0. The van der Waals surface area contributed by atoms with Gasteiger partial charge in [-0.15, -0.1) is 0 Å². The molecule has 0 spiro atoms. The van der Waals surface area contributed by atoms with Crippen molar-refractivity contribution < 1.29 is 14.6 Å². The highest BCUT2D eigenvalue weighted by atomic mass is 16.5. The van der Waals surface area contributed by atoms with Crippen molar-refractivity contribution >= 4 is 5.97 Å². The molecular formula is C11H11N3O3. The number of aryl methyl sites for hydroxylation is 2. The molecule has 6 nitrogen and oxygen atoms in total. The Kier molecular flexibility index (Phi) is 2.78. The number of rotatable bonds is 3. The first-order chi connectivity index (χ1) is 8.06. The lowest BCUT2D eigenvalue weighted by Gasteiger charge is -2.04. The minimum atomic E-state index is -1.09. The van der Waals surface area contributed by atoms with E-state index in [0.717, 1.165) is 5.69 Å². The maximum Gasteiger partial charge on any atom is 0.354 e. The van der Waals surface area contributed by atoms with Gasteiger partial charge in [-0.3, -0.25) is 0 Å². The lowest BCUT2D eigenvalue weighted by Crippen LogP contribution is -2.02. The molecule has 0 aliphatic carbocycles. The van der Waals surface area contributed by atoms with Gasteiger partial charge >= 0.3 is 5.97 Å². The number of hydrogen-bond donors (Lipinski definition) is 1. The van der Waals surface area contributed by atoms with Gasteiger partial charge in [0.05, 0.1) is 5.69 Å². The van der Waals surface area contributed by atoms with E-state index in [9.17, 15) is 4.79 Å². The lowest BCUT2D eigenvalue weighted by molar-refractivity contribution is 0.0689. The molecule has 0 unspecified atom stereocenters. The molecule has 0 amide bonds. The molecule has 2 aromatic rings. The first-order valence-electron chi connectivity index (χ1n) is 4.95. The second-order valence-electron chi connectivity index (χ2n) is 3.52. The lowest BCUT2D eigenvalue weighted by atomic mass is 10.3. The van der Waals surface area contributed by atoms with Crippen LogP contribution in [0, 0.1) is 6.92 Å². The first-order valence-corrected chi connectivity index (χ1v) is 4.95. The van der Waals surface area contributed by atoms with Crippen LogP contribution in [0.5, 0.6) is 11.8 Å². The largest absolute Gasteiger partial charge is 0.477 e. The molecule has 2 rings (SSSR count). The first kappa shape index (κ1) is 11.1. The molecule has 0 aliphatic heterocycles. The Morgan fingerprint density at radius 2 is 2.24 bits per heavy atom. The van der Waals surface area contributed by atoms with Crippen LogP contribution in [0.3, 0.4) is 0 Å². The highest BCUT2D eigenvalue weighted by Crippen LogP contribution is 2.19. The zero-order chi connectivity index (χ0) is 12.4. The average molecular weight is 233 g/mol. The van der Waals surface area contributed by atoms with Gasteiger partial charge in [0.2, 0.25) is 11.8 Å². The van der Waals surface area contributed by atoms with Crippen LogP contribution in [0.15, 0.2) is 24.3 Å². The number of carbonyl (C=O) groups is 1. The Balaban J connectivity index is 2.27. The molecule has 1 N–H and O–H groups in total. The van der Waals surface area contributed by atoms with Crippen molar-refractivity contribution in [2.75, 3.05) is 0 Å². The normalized spacial score (nSPS) is 10.2. The van der Waals surface area contributed by atoms with Crippen LogP contribution in [-0.4, -0.2) is 25.8 Å². The van der Waals surface area contributed by atoms with E-state index < -0.39 is 5.97 Å². The average Bonchev–Trinajstić information content (AvgIpc) is 2.58. The van der Waals surface area contributed by atoms with Crippen molar-refractivity contribution in [3.8, 4) is 11.8 Å². The van der Waals surface area contributed by atoms with E-state index >= 15 is 0 Å². The minimum Gasteiger partial charge on any atom is -0.477 e. The van der Waals surface area contributed by atoms with Gasteiger partial charge in [-0.1, -0.05) is 6.07 Å². The summed E-state index contributed by atoms with van der Waals surface area (Å²) in [5, 5.41) is 12.9. The van der Waals surface area contributed by atoms with Crippen molar-refractivity contribution in [3.63, 3.8) is 0 Å². The van der Waals surface area contributed by atoms with Crippen molar-refractivity contribution in [1.82, 2.24) is 14.8 Å². The minimum absolute atomic E-state index is 0.0543. The monoisotopic (exact) mass is 233 g/mol. The van der Waals surface area contributed by atoms with E-state index in [-0.39, 0.29) is 11.6 Å². The van der Waals surface area contributed by atoms with Crippen molar-refractivity contribution in [2.45, 2.75) is 6.92 Å². The number of carboxylic acids is 1. The predicted octanol–water partition coefficient (Wildman–Crippen LogP) is 1.61. The van der Waals surface area contributed by atoms with Crippen LogP contribution in [0.1, 0.15) is 16.2 Å². The molecular weight excluding hydrogens is 222 g/mol. The van der Waals surface area contributed by atoms with E-state index in [1.54, 1.807) is 29.9 Å². The predicted molar refractivity (Wildman–Crippen MR) is 59.2 cm³/mol. The smallest absolute Gasteiger partial charge is 0.354 e. The summed E-state index contributed by atoms with van der Waals surface area (Å²) in [6.45, 7) is 1.84. The van der Waals surface area contributed by atoms with Gasteiger partial charge in [0.25, 0.3) is 0 Å². The molecule has 2 heterocycles. The van der Waals surface area contributed by atoms with Crippen LogP contribution in [0.25, 0.3) is 0 Å². The molecule has 0 atom stereocenters. The standard InChI is InChI=1S/C11H11N3O3/c1-7-6-10(14(2)13-7)17-9-5-3-4-8(12-9)11(15)16/h3-6H,1-2H3,(H,15,16). The summed E-state index contributed by atoms with van der Waals surface area (Å²) in [4.78, 5) is 14.6. The third-order valence-corrected chi connectivity index (χ3v) is 2.11. The topological polar surface area (TPSA) is 77.2 Å². The van der Waals surface area contributed by atoms with E-state index in [1.807, 2.05) is 6.92 Å². The van der Waals surface area contributed by atoms with Crippen LogP contribution < -0.4 is 4.74 Å². The third-order valence-electron chi connectivity index (χ3n) is 2.11. The maximum atomic E-state index is 10.7. The fourth-order valence-corrected chi connectivity index (χ4v) is 1.38. The molecule has 0 saturated carbocycles. The molecule has 6 heteroatoms. The zero-order valence-corrected chi connectivity index (χ0v) is 9.41. The van der Waals surface area contributed by atoms with E-state index in [1.165, 1.54) is 6.07 Å². The molecule has 0 aromatic carbocycles. The molecule has 0 aliphatic rings. The van der Waals surface area contributed by atoms with Crippen LogP contribution in [0.4, 0.5) is 0 Å². The Bertz CT molecular complexity index is 563. The van der Waals surface area contributed by atoms with E-state index in [0.29, 0.717) is 5.88 Å². The van der Waals surface area contributed by atoms with Crippen LogP contribution in [0.2, 0.25) is 0 Å². The number of carboxylic acid groups (broad SMARTS) is 1. The van der Waals surface area contributed by atoms with Crippen molar-refractivity contribution in [3.05, 3.63) is 35.7 Å². The Hall–Kier alpha value is -2.37. The Morgan fingerprint density at radius 3 is 2.82 bits per heavy atom. The van der Waals surface area contributed by atoms with Crippen molar-refractivity contribution in [1.29, 1.82) is 0 Å². The molecule has 17 heavy (non-hydrogen) atoms. The van der Waals surface area contributed by atoms with Gasteiger partial charge in [-0.2, -0.15) is 5.10 Å². The molecule has 2 aromatic heterocycles. The summed E-state index contributed by atoms with van der Waals surface area (Å²) in [5.41, 5.74) is 0.762. The highest BCUT2D eigenvalue weighted by Gasteiger charge is 2.08. The summed E-state index contributed by atoms with van der Waals surface area (Å²) >= 11 is 0. The highest BCUT2D eigenvalue weighted by molar-refractivity contribution is 5.85. The molecule has 0 saturated heterocycles. The second-order valence-corrected chi connectivity index (χ2v) is 3.52. The van der Waals surface area contributed by atoms with Gasteiger partial charge in [0.1, 0.15) is 0 Å². The fraction of sp³-hybridized carbons (Fsp3) is 0.182. The molecule has 88 valence electrons. The molecule has 0 radical (unpaired) electrons. The SMILES string of the molecule is Cc1cc(Oc2cccc(C(=O)O)n2)n(C)n1. The van der Waals surface area contributed by atoms with Gasteiger partial charge in [0, 0.05) is 19.2 Å². The van der Waals surface area contributed by atoms with Gasteiger partial charge < -0.3 is 9.84 Å². The van der Waals surface area contributed by atoms with Gasteiger partial charge in [-0.25, -0.2) is 14.5 Å². The number of ether oxygens (including phenoxy) is 1. The Labute approximate surface area is 97.5 Å². The van der Waals surface area contributed by atoms with E-state index in [4.69, 9.17) is 9.84 Å². The van der Waals surface area contributed by atoms with E-state index in [2.05, 4.69) is 10.1 Å². The second kappa shape index (κ2) is 4.25. The van der Waals surface area contributed by atoms with Crippen LogP contribution in [-0.2, 0) is 7.05 Å². The Morgan fingerprint density at radius 1 is 1.47 bits per heavy atom.